The largest absolute Gasteiger partial charge is 0.486 e. The molecule has 1 aliphatic heterocycles. The van der Waals surface area contributed by atoms with E-state index in [-0.39, 0.29) is 11.9 Å². The number of ether oxygens (including phenoxy) is 1. The summed E-state index contributed by atoms with van der Waals surface area (Å²) in [5, 5.41) is 0. The molecule has 12 heavy (non-hydrogen) atoms. The molecule has 2 unspecified atom stereocenters. The van der Waals surface area contributed by atoms with Crippen LogP contribution in [0.5, 0.6) is 5.75 Å². The standard InChI is InChI=1S/C9H6BrFO/c10-4-1-6-5-3-8(5)12-9(6)7(11)2-4/h1-2,5,8H,3H2. The molecule has 0 saturated heterocycles. The second-order valence-corrected chi connectivity index (χ2v) is 4.22. The normalized spacial score (nSPS) is 29.2. The molecule has 1 heterocycles. The first-order valence-electron chi connectivity index (χ1n) is 3.91. The molecule has 1 nitrogen and oxygen atoms in total. The van der Waals surface area contributed by atoms with E-state index in [4.69, 9.17) is 4.74 Å². The van der Waals surface area contributed by atoms with Crippen LogP contribution in [-0.4, -0.2) is 6.10 Å². The summed E-state index contributed by atoms with van der Waals surface area (Å²) in [6, 6.07) is 3.40. The van der Waals surface area contributed by atoms with Gasteiger partial charge >= 0.3 is 0 Å². The number of benzene rings is 1. The van der Waals surface area contributed by atoms with E-state index in [2.05, 4.69) is 15.9 Å². The third-order valence-electron chi connectivity index (χ3n) is 2.44. The molecule has 1 aromatic carbocycles. The van der Waals surface area contributed by atoms with Crippen LogP contribution in [0, 0.1) is 5.82 Å². The minimum atomic E-state index is -0.244. The highest BCUT2D eigenvalue weighted by atomic mass is 79.9. The lowest BCUT2D eigenvalue weighted by molar-refractivity contribution is 0.303. The smallest absolute Gasteiger partial charge is 0.166 e. The zero-order valence-electron chi connectivity index (χ0n) is 6.18. The van der Waals surface area contributed by atoms with E-state index >= 15 is 0 Å². The van der Waals surface area contributed by atoms with Crippen LogP contribution >= 0.6 is 15.9 Å². The Bertz CT molecular complexity index is 364. The lowest BCUT2D eigenvalue weighted by Crippen LogP contribution is -1.93. The predicted octanol–water partition coefficient (Wildman–Crippen LogP) is 2.84. The first kappa shape index (κ1) is 6.89. The average Bonchev–Trinajstić information content (AvgIpc) is 2.68. The Morgan fingerprint density at radius 2 is 2.33 bits per heavy atom. The van der Waals surface area contributed by atoms with Gasteiger partial charge in [0.05, 0.1) is 0 Å². The van der Waals surface area contributed by atoms with Crippen molar-refractivity contribution in [2.75, 3.05) is 0 Å². The summed E-state index contributed by atoms with van der Waals surface area (Å²) in [6.45, 7) is 0. The van der Waals surface area contributed by atoms with Crippen molar-refractivity contribution in [1.29, 1.82) is 0 Å². The highest BCUT2D eigenvalue weighted by molar-refractivity contribution is 9.10. The van der Waals surface area contributed by atoms with Crippen molar-refractivity contribution < 1.29 is 9.13 Å². The van der Waals surface area contributed by atoms with E-state index in [0.717, 1.165) is 16.5 Å². The summed E-state index contributed by atoms with van der Waals surface area (Å²) in [5.74, 6) is 0.693. The Morgan fingerprint density at radius 3 is 3.17 bits per heavy atom. The minimum Gasteiger partial charge on any atom is -0.486 e. The maximum atomic E-state index is 13.2. The second-order valence-electron chi connectivity index (χ2n) is 3.30. The molecule has 0 aromatic heterocycles. The zero-order chi connectivity index (χ0) is 8.29. The van der Waals surface area contributed by atoms with Crippen LogP contribution in [0.3, 0.4) is 0 Å². The monoisotopic (exact) mass is 228 g/mol. The Morgan fingerprint density at radius 1 is 1.50 bits per heavy atom. The van der Waals surface area contributed by atoms with Crippen LogP contribution in [0.15, 0.2) is 16.6 Å². The van der Waals surface area contributed by atoms with Gasteiger partial charge in [-0.1, -0.05) is 15.9 Å². The van der Waals surface area contributed by atoms with Crippen LogP contribution in [0.25, 0.3) is 0 Å². The molecule has 1 fully saturated rings. The van der Waals surface area contributed by atoms with Crippen molar-refractivity contribution in [3.05, 3.63) is 28.0 Å². The third kappa shape index (κ3) is 0.774. The van der Waals surface area contributed by atoms with Gasteiger partial charge in [-0.2, -0.15) is 0 Å². The van der Waals surface area contributed by atoms with Gasteiger partial charge in [0.2, 0.25) is 0 Å². The van der Waals surface area contributed by atoms with E-state index in [1.165, 1.54) is 6.07 Å². The van der Waals surface area contributed by atoms with E-state index in [1.54, 1.807) is 0 Å². The van der Waals surface area contributed by atoms with Gasteiger partial charge in [-0.05, 0) is 18.6 Å². The van der Waals surface area contributed by atoms with Crippen molar-refractivity contribution in [3.8, 4) is 5.75 Å². The summed E-state index contributed by atoms with van der Waals surface area (Å²) in [6.07, 6.45) is 1.33. The number of hydrogen-bond donors (Lipinski definition) is 0. The lowest BCUT2D eigenvalue weighted by atomic mass is 10.1. The van der Waals surface area contributed by atoms with Gasteiger partial charge in [0.25, 0.3) is 0 Å². The topological polar surface area (TPSA) is 9.23 Å². The first-order chi connectivity index (χ1) is 5.75. The highest BCUT2D eigenvalue weighted by Crippen LogP contribution is 2.54. The van der Waals surface area contributed by atoms with E-state index in [9.17, 15) is 4.39 Å². The summed E-state index contributed by atoms with van der Waals surface area (Å²) in [5.41, 5.74) is 1.03. The summed E-state index contributed by atoms with van der Waals surface area (Å²) >= 11 is 3.27. The van der Waals surface area contributed by atoms with Crippen molar-refractivity contribution in [2.24, 2.45) is 0 Å². The van der Waals surface area contributed by atoms with Crippen LogP contribution in [0.1, 0.15) is 17.9 Å². The fourth-order valence-corrected chi connectivity index (χ4v) is 2.21. The number of halogens is 2. The first-order valence-corrected chi connectivity index (χ1v) is 4.70. The molecule has 3 heteroatoms. The van der Waals surface area contributed by atoms with Crippen LogP contribution in [0.2, 0.25) is 0 Å². The summed E-state index contributed by atoms with van der Waals surface area (Å²) < 4.78 is 19.4. The second kappa shape index (κ2) is 2.02. The van der Waals surface area contributed by atoms with Crippen molar-refractivity contribution in [2.45, 2.75) is 18.4 Å². The number of fused-ring (bicyclic) bond motifs is 3. The molecule has 2 aliphatic rings. The van der Waals surface area contributed by atoms with Crippen LogP contribution < -0.4 is 4.74 Å². The molecule has 1 saturated carbocycles. The Balaban J connectivity index is 2.24. The molecule has 1 aliphatic carbocycles. The quantitative estimate of drug-likeness (QED) is 0.664. The van der Waals surface area contributed by atoms with Crippen molar-refractivity contribution in [3.63, 3.8) is 0 Å². The Labute approximate surface area is 77.7 Å². The zero-order valence-corrected chi connectivity index (χ0v) is 7.77. The number of hydrogen-bond acceptors (Lipinski definition) is 1. The maximum absolute atomic E-state index is 13.2. The molecule has 0 amide bonds. The Kier molecular flexibility index (Phi) is 1.16. The average molecular weight is 229 g/mol. The maximum Gasteiger partial charge on any atom is 0.166 e. The van der Waals surface area contributed by atoms with Gasteiger partial charge in [0.1, 0.15) is 6.10 Å². The van der Waals surface area contributed by atoms with E-state index < -0.39 is 0 Å². The van der Waals surface area contributed by atoms with Gasteiger partial charge in [-0.3, -0.25) is 0 Å². The lowest BCUT2D eigenvalue weighted by Gasteiger charge is -2.04. The molecule has 62 valence electrons. The molecular formula is C9H6BrFO. The summed E-state index contributed by atoms with van der Waals surface area (Å²) in [4.78, 5) is 0. The van der Waals surface area contributed by atoms with E-state index in [0.29, 0.717) is 11.7 Å². The molecule has 3 rings (SSSR count). The molecular weight excluding hydrogens is 223 g/mol. The molecule has 0 radical (unpaired) electrons. The van der Waals surface area contributed by atoms with Crippen LogP contribution in [-0.2, 0) is 0 Å². The van der Waals surface area contributed by atoms with Gasteiger partial charge in [-0.25, -0.2) is 4.39 Å². The number of rotatable bonds is 0. The minimum absolute atomic E-state index is 0.244. The fourth-order valence-electron chi connectivity index (χ4n) is 1.76. The molecule has 0 bridgehead atoms. The van der Waals surface area contributed by atoms with Gasteiger partial charge in [-0.15, -0.1) is 0 Å². The van der Waals surface area contributed by atoms with Crippen molar-refractivity contribution in [1.82, 2.24) is 0 Å². The molecule has 0 spiro atoms. The van der Waals surface area contributed by atoms with Crippen molar-refractivity contribution >= 4 is 15.9 Å². The fraction of sp³-hybridized carbons (Fsp3) is 0.333. The molecule has 1 aromatic rings. The third-order valence-corrected chi connectivity index (χ3v) is 2.90. The molecule has 0 N–H and O–H groups in total. The SMILES string of the molecule is Fc1cc(Br)cc2c1OC1CC21. The summed E-state index contributed by atoms with van der Waals surface area (Å²) in [7, 11) is 0. The van der Waals surface area contributed by atoms with Gasteiger partial charge in [0.15, 0.2) is 11.6 Å². The van der Waals surface area contributed by atoms with E-state index in [1.807, 2.05) is 6.07 Å². The van der Waals surface area contributed by atoms with Crippen LogP contribution in [0.4, 0.5) is 4.39 Å². The van der Waals surface area contributed by atoms with Gasteiger partial charge < -0.3 is 4.74 Å². The highest BCUT2D eigenvalue weighted by Gasteiger charge is 2.49. The predicted molar refractivity (Wildman–Crippen MR) is 45.9 cm³/mol. The Hall–Kier alpha value is -0.570. The molecule has 2 atom stereocenters. The van der Waals surface area contributed by atoms with Gasteiger partial charge in [0, 0.05) is 16.0 Å².